The van der Waals surface area contributed by atoms with Crippen LogP contribution in [0, 0.1) is 12.7 Å². The molecule has 0 saturated heterocycles. The lowest BCUT2D eigenvalue weighted by Crippen LogP contribution is -2.38. The first-order chi connectivity index (χ1) is 12.1. The molecule has 0 fully saturated rings. The van der Waals surface area contributed by atoms with Crippen molar-refractivity contribution < 1.29 is 4.39 Å². The van der Waals surface area contributed by atoms with Gasteiger partial charge in [-0.15, -0.1) is 0 Å². The predicted molar refractivity (Wildman–Crippen MR) is 104 cm³/mol. The summed E-state index contributed by atoms with van der Waals surface area (Å²) in [6.07, 6.45) is 4.80. The first-order valence-electron chi connectivity index (χ1n) is 8.24. The zero-order valence-electron chi connectivity index (χ0n) is 15.0. The third kappa shape index (κ3) is 6.38. The Labute approximate surface area is 153 Å². The summed E-state index contributed by atoms with van der Waals surface area (Å²) in [5.41, 5.74) is 4.31. The van der Waals surface area contributed by atoms with E-state index in [4.69, 9.17) is 0 Å². The summed E-state index contributed by atoms with van der Waals surface area (Å²) in [5.74, 6) is 1.34. The normalized spacial score (nSPS) is 11.4. The minimum atomic E-state index is -0.193. The topological polar surface area (TPSA) is 49.3 Å². The molecular formula is C19H25FN4S. The molecule has 6 heteroatoms. The number of nitrogens with zero attached hydrogens (tertiary/aromatic N) is 2. The third-order valence-electron chi connectivity index (χ3n) is 3.82. The van der Waals surface area contributed by atoms with E-state index in [1.54, 1.807) is 24.9 Å². The fourth-order valence-electron chi connectivity index (χ4n) is 2.43. The van der Waals surface area contributed by atoms with Gasteiger partial charge in [-0.2, -0.15) is 11.8 Å². The van der Waals surface area contributed by atoms with Gasteiger partial charge in [-0.3, -0.25) is 9.98 Å². The quantitative estimate of drug-likeness (QED) is 0.588. The number of aliphatic imine (C=N–C) groups is 1. The van der Waals surface area contributed by atoms with Gasteiger partial charge in [-0.25, -0.2) is 4.39 Å². The zero-order chi connectivity index (χ0) is 18.1. The van der Waals surface area contributed by atoms with E-state index < -0.39 is 0 Å². The molecule has 1 aromatic carbocycles. The molecule has 0 saturated carbocycles. The highest BCUT2D eigenvalue weighted by Gasteiger charge is 2.05. The number of thioether (sulfide) groups is 1. The summed E-state index contributed by atoms with van der Waals surface area (Å²) < 4.78 is 13.4. The van der Waals surface area contributed by atoms with Crippen LogP contribution in [0.4, 0.5) is 4.39 Å². The number of hydrogen-bond donors (Lipinski definition) is 2. The van der Waals surface area contributed by atoms with Crippen molar-refractivity contribution in [3.8, 4) is 0 Å². The Morgan fingerprint density at radius 3 is 2.72 bits per heavy atom. The van der Waals surface area contributed by atoms with Crippen molar-refractivity contribution in [2.24, 2.45) is 4.99 Å². The van der Waals surface area contributed by atoms with Crippen molar-refractivity contribution in [3.05, 3.63) is 64.7 Å². The van der Waals surface area contributed by atoms with Gasteiger partial charge in [-0.05, 0) is 54.5 Å². The molecule has 0 radical (unpaired) electrons. The molecule has 0 aliphatic rings. The summed E-state index contributed by atoms with van der Waals surface area (Å²) in [7, 11) is 1.75. The highest BCUT2D eigenvalue weighted by Crippen LogP contribution is 2.16. The molecule has 2 N–H and O–H groups in total. The highest BCUT2D eigenvalue weighted by molar-refractivity contribution is 7.97. The van der Waals surface area contributed by atoms with Crippen molar-refractivity contribution in [3.63, 3.8) is 0 Å². The second kappa shape index (κ2) is 10.0. The van der Waals surface area contributed by atoms with Crippen LogP contribution < -0.4 is 10.6 Å². The number of rotatable bonds is 7. The summed E-state index contributed by atoms with van der Waals surface area (Å²) in [6, 6.07) is 9.05. The number of pyridine rings is 1. The second-order valence-corrected chi connectivity index (χ2v) is 6.62. The average Bonchev–Trinajstić information content (AvgIpc) is 2.61. The van der Waals surface area contributed by atoms with Crippen LogP contribution in [0.15, 0.2) is 41.5 Å². The van der Waals surface area contributed by atoms with Crippen LogP contribution in [-0.2, 0) is 18.7 Å². The minimum absolute atomic E-state index is 0.193. The van der Waals surface area contributed by atoms with Crippen LogP contribution >= 0.6 is 11.8 Å². The molecule has 134 valence electrons. The summed E-state index contributed by atoms with van der Waals surface area (Å²) in [5, 5.41) is 6.59. The standard InChI is InChI=1S/C19H25FN4S/c1-14-4-5-15(11-23-14)8-9-22-19(21-2)24-12-16-6-7-18(20)10-17(16)13-25-3/h4-7,10-11H,8-9,12-13H2,1-3H3,(H2,21,22,24). The van der Waals surface area contributed by atoms with Crippen LogP contribution in [0.3, 0.4) is 0 Å². The Kier molecular flexibility index (Phi) is 7.73. The van der Waals surface area contributed by atoms with Crippen molar-refractivity contribution in [1.29, 1.82) is 0 Å². The highest BCUT2D eigenvalue weighted by atomic mass is 32.2. The number of aryl methyl sites for hydroxylation is 1. The van der Waals surface area contributed by atoms with Gasteiger partial charge in [0.25, 0.3) is 0 Å². The van der Waals surface area contributed by atoms with E-state index in [0.29, 0.717) is 6.54 Å². The van der Waals surface area contributed by atoms with Crippen molar-refractivity contribution in [1.82, 2.24) is 15.6 Å². The van der Waals surface area contributed by atoms with Gasteiger partial charge >= 0.3 is 0 Å². The van der Waals surface area contributed by atoms with Crippen LogP contribution in [0.1, 0.15) is 22.4 Å². The molecule has 25 heavy (non-hydrogen) atoms. The summed E-state index contributed by atoms with van der Waals surface area (Å²) >= 11 is 1.68. The Bertz CT molecular complexity index is 701. The van der Waals surface area contributed by atoms with Gasteiger partial charge in [0.1, 0.15) is 5.82 Å². The fourth-order valence-corrected chi connectivity index (χ4v) is 3.01. The first kappa shape index (κ1) is 19.2. The van der Waals surface area contributed by atoms with E-state index in [0.717, 1.165) is 41.5 Å². The number of guanidine groups is 1. The molecule has 0 bridgehead atoms. The van der Waals surface area contributed by atoms with Gasteiger partial charge in [0.2, 0.25) is 0 Å². The lowest BCUT2D eigenvalue weighted by molar-refractivity contribution is 0.625. The van der Waals surface area contributed by atoms with Gasteiger partial charge in [0.15, 0.2) is 5.96 Å². The number of halogens is 1. The van der Waals surface area contributed by atoms with E-state index in [9.17, 15) is 4.39 Å². The molecule has 0 amide bonds. The van der Waals surface area contributed by atoms with Crippen LogP contribution in [0.25, 0.3) is 0 Å². The van der Waals surface area contributed by atoms with Crippen LogP contribution in [0.2, 0.25) is 0 Å². The Morgan fingerprint density at radius 1 is 1.20 bits per heavy atom. The Balaban J connectivity index is 1.85. The van der Waals surface area contributed by atoms with E-state index in [2.05, 4.69) is 26.7 Å². The van der Waals surface area contributed by atoms with E-state index in [1.807, 2.05) is 31.5 Å². The van der Waals surface area contributed by atoms with Gasteiger partial charge in [-0.1, -0.05) is 12.1 Å². The third-order valence-corrected chi connectivity index (χ3v) is 4.42. The maximum Gasteiger partial charge on any atom is 0.191 e. The molecule has 0 unspecified atom stereocenters. The van der Waals surface area contributed by atoms with Crippen LogP contribution in [0.5, 0.6) is 0 Å². The second-order valence-electron chi connectivity index (χ2n) is 5.76. The molecular weight excluding hydrogens is 335 g/mol. The fraction of sp³-hybridized carbons (Fsp3) is 0.368. The number of hydrogen-bond acceptors (Lipinski definition) is 3. The number of nitrogens with one attached hydrogen (secondary N) is 2. The Morgan fingerprint density at radius 2 is 2.04 bits per heavy atom. The minimum Gasteiger partial charge on any atom is -0.356 e. The van der Waals surface area contributed by atoms with Crippen molar-refractivity contribution in [2.45, 2.75) is 25.6 Å². The molecule has 0 spiro atoms. The molecule has 4 nitrogen and oxygen atoms in total. The zero-order valence-corrected chi connectivity index (χ0v) is 15.8. The molecule has 0 atom stereocenters. The predicted octanol–water partition coefficient (Wildman–Crippen LogP) is 3.30. The molecule has 0 aliphatic carbocycles. The van der Waals surface area contributed by atoms with Crippen LogP contribution in [-0.4, -0.2) is 30.8 Å². The lowest BCUT2D eigenvalue weighted by atomic mass is 10.1. The number of benzene rings is 1. The van der Waals surface area contributed by atoms with Gasteiger partial charge in [0, 0.05) is 37.8 Å². The monoisotopic (exact) mass is 360 g/mol. The molecule has 1 heterocycles. The van der Waals surface area contributed by atoms with E-state index >= 15 is 0 Å². The Hall–Kier alpha value is -2.08. The maximum atomic E-state index is 13.4. The lowest BCUT2D eigenvalue weighted by Gasteiger charge is -2.14. The van der Waals surface area contributed by atoms with E-state index in [-0.39, 0.29) is 5.82 Å². The maximum absolute atomic E-state index is 13.4. The molecule has 2 aromatic rings. The largest absolute Gasteiger partial charge is 0.356 e. The van der Waals surface area contributed by atoms with Crippen molar-refractivity contribution in [2.75, 3.05) is 19.8 Å². The number of aromatic nitrogens is 1. The van der Waals surface area contributed by atoms with Crippen molar-refractivity contribution >= 4 is 17.7 Å². The summed E-state index contributed by atoms with van der Waals surface area (Å²) in [6.45, 7) is 3.36. The molecule has 0 aliphatic heterocycles. The molecule has 1 aromatic heterocycles. The van der Waals surface area contributed by atoms with Gasteiger partial charge in [0.05, 0.1) is 0 Å². The average molecular weight is 361 g/mol. The summed E-state index contributed by atoms with van der Waals surface area (Å²) in [4.78, 5) is 8.54. The first-order valence-corrected chi connectivity index (χ1v) is 9.64. The smallest absolute Gasteiger partial charge is 0.191 e. The molecule has 2 rings (SSSR count). The SMILES string of the molecule is CN=C(NCCc1ccc(C)nc1)NCc1ccc(F)cc1CSC. The van der Waals surface area contributed by atoms with E-state index in [1.165, 1.54) is 11.6 Å². The van der Waals surface area contributed by atoms with Gasteiger partial charge < -0.3 is 10.6 Å².